The normalized spacial score (nSPS) is 10.7. The second-order valence-electron chi connectivity index (χ2n) is 6.50. The second-order valence-corrected chi connectivity index (χ2v) is 7.75. The maximum Gasteiger partial charge on any atom is 0.257 e. The summed E-state index contributed by atoms with van der Waals surface area (Å²) in [5.74, 6) is -0.696. The Morgan fingerprint density at radius 1 is 1.07 bits per heavy atom. The number of aromatic nitrogens is 2. The molecule has 9 heteroatoms. The van der Waals surface area contributed by atoms with Crippen LogP contribution in [0, 0.1) is 6.92 Å². The first-order valence-electron chi connectivity index (χ1n) is 9.15. The summed E-state index contributed by atoms with van der Waals surface area (Å²) < 4.78 is 1.65. The molecule has 2 amide bonds. The molecule has 156 valence electrons. The molecule has 0 atom stereocenters. The number of hydrogen-bond donors (Lipinski definition) is 1. The first-order valence-corrected chi connectivity index (χ1v) is 10.3. The number of carbonyl (C=O) groups excluding carboxylic acids is 2. The molecule has 3 rings (SSSR count). The van der Waals surface area contributed by atoms with Gasteiger partial charge in [-0.1, -0.05) is 40.9 Å². The Morgan fingerprint density at radius 2 is 1.70 bits per heavy atom. The van der Waals surface area contributed by atoms with E-state index in [9.17, 15) is 9.59 Å². The predicted octanol–water partition coefficient (Wildman–Crippen LogP) is 5.24. The highest BCUT2D eigenvalue weighted by molar-refractivity contribution is 6.39. The molecular weight excluding hydrogens is 447 g/mol. The largest absolute Gasteiger partial charge is 0.329 e. The predicted molar refractivity (Wildman–Crippen MR) is 120 cm³/mol. The van der Waals surface area contributed by atoms with Crippen molar-refractivity contribution < 1.29 is 9.59 Å². The Kier molecular flexibility index (Phi) is 7.02. The number of para-hydroxylation sites is 1. The minimum Gasteiger partial charge on any atom is -0.329 e. The van der Waals surface area contributed by atoms with Crippen LogP contribution in [0.2, 0.25) is 15.1 Å². The van der Waals surface area contributed by atoms with E-state index < -0.39 is 5.91 Å². The zero-order chi connectivity index (χ0) is 21.8. The van der Waals surface area contributed by atoms with Crippen LogP contribution in [0.4, 0.5) is 5.69 Å². The number of rotatable bonds is 6. The molecule has 1 heterocycles. The van der Waals surface area contributed by atoms with E-state index in [0.717, 1.165) is 5.69 Å². The van der Waals surface area contributed by atoms with Crippen molar-refractivity contribution in [2.24, 2.45) is 0 Å². The van der Waals surface area contributed by atoms with Crippen molar-refractivity contribution in [3.8, 4) is 5.69 Å². The van der Waals surface area contributed by atoms with Gasteiger partial charge in [0.25, 0.3) is 5.91 Å². The maximum absolute atomic E-state index is 13.0. The van der Waals surface area contributed by atoms with Gasteiger partial charge in [-0.15, -0.1) is 0 Å². The number of carbonyl (C=O) groups is 2. The number of halogens is 3. The summed E-state index contributed by atoms with van der Waals surface area (Å²) in [6.07, 6.45) is 1.50. The molecule has 0 saturated heterocycles. The molecule has 1 aromatic heterocycles. The first kappa shape index (κ1) is 22.2. The van der Waals surface area contributed by atoms with E-state index in [1.165, 1.54) is 11.1 Å². The molecule has 0 spiro atoms. The summed E-state index contributed by atoms with van der Waals surface area (Å²) in [6, 6.07) is 12.1. The second kappa shape index (κ2) is 9.51. The average Bonchev–Trinajstić information content (AvgIpc) is 3.10. The highest BCUT2D eigenvalue weighted by Gasteiger charge is 2.22. The van der Waals surface area contributed by atoms with E-state index in [2.05, 4.69) is 10.4 Å². The highest BCUT2D eigenvalue weighted by Crippen LogP contribution is 2.29. The number of nitrogens with zero attached hydrogens (tertiary/aromatic N) is 3. The highest BCUT2D eigenvalue weighted by atomic mass is 35.5. The van der Waals surface area contributed by atoms with Crippen LogP contribution in [0.25, 0.3) is 5.69 Å². The van der Waals surface area contributed by atoms with Gasteiger partial charge in [0, 0.05) is 11.6 Å². The van der Waals surface area contributed by atoms with E-state index in [1.807, 2.05) is 12.1 Å². The van der Waals surface area contributed by atoms with Gasteiger partial charge < -0.3 is 10.2 Å². The molecule has 6 nitrogen and oxygen atoms in total. The summed E-state index contributed by atoms with van der Waals surface area (Å²) in [6.45, 7) is 3.79. The third-order valence-electron chi connectivity index (χ3n) is 4.54. The van der Waals surface area contributed by atoms with Gasteiger partial charge >= 0.3 is 0 Å². The standard InChI is InChI=1S/C21H19Cl3N4O2/c1-3-27(12-19(29)26-20-17(23)5-4-6-18(20)24)21(30)16-11-25-28(13(16)2)15-9-7-14(22)8-10-15/h4-11H,3,12H2,1-2H3,(H,26,29). The van der Waals surface area contributed by atoms with Gasteiger partial charge in [-0.2, -0.15) is 5.10 Å². The van der Waals surface area contributed by atoms with Gasteiger partial charge in [0.05, 0.1) is 38.9 Å². The van der Waals surface area contributed by atoms with Crippen molar-refractivity contribution in [1.29, 1.82) is 0 Å². The van der Waals surface area contributed by atoms with Gasteiger partial charge in [0.1, 0.15) is 6.54 Å². The van der Waals surface area contributed by atoms with Crippen molar-refractivity contribution in [3.63, 3.8) is 0 Å². The van der Waals surface area contributed by atoms with Gasteiger partial charge in [0.2, 0.25) is 5.91 Å². The zero-order valence-electron chi connectivity index (χ0n) is 16.3. The molecule has 0 bridgehead atoms. The SMILES string of the molecule is CCN(CC(=O)Nc1c(Cl)cccc1Cl)C(=O)c1cnn(-c2ccc(Cl)cc2)c1C. The van der Waals surface area contributed by atoms with Crippen molar-refractivity contribution in [1.82, 2.24) is 14.7 Å². The minimum atomic E-state index is -0.400. The summed E-state index contributed by atoms with van der Waals surface area (Å²) in [5, 5.41) is 8.25. The van der Waals surface area contributed by atoms with Gasteiger partial charge in [-0.05, 0) is 50.2 Å². The molecule has 0 radical (unpaired) electrons. The monoisotopic (exact) mass is 464 g/mol. The molecule has 1 N–H and O–H groups in total. The zero-order valence-corrected chi connectivity index (χ0v) is 18.6. The van der Waals surface area contributed by atoms with Crippen molar-refractivity contribution in [3.05, 3.63) is 75.0 Å². The van der Waals surface area contributed by atoms with Crippen LogP contribution in [-0.2, 0) is 4.79 Å². The van der Waals surface area contributed by atoms with E-state index in [-0.39, 0.29) is 12.5 Å². The summed E-state index contributed by atoms with van der Waals surface area (Å²) in [5.41, 5.74) is 2.18. The Bertz CT molecular complexity index is 1060. The van der Waals surface area contributed by atoms with Gasteiger partial charge in [-0.25, -0.2) is 4.68 Å². The lowest BCUT2D eigenvalue weighted by Gasteiger charge is -2.20. The van der Waals surface area contributed by atoms with E-state index in [1.54, 1.807) is 48.9 Å². The van der Waals surface area contributed by atoms with E-state index >= 15 is 0 Å². The summed E-state index contributed by atoms with van der Waals surface area (Å²) >= 11 is 18.1. The summed E-state index contributed by atoms with van der Waals surface area (Å²) in [7, 11) is 0. The Balaban J connectivity index is 1.76. The fraction of sp³-hybridized carbons (Fsp3) is 0.190. The number of hydrogen-bond acceptors (Lipinski definition) is 3. The third-order valence-corrected chi connectivity index (χ3v) is 5.42. The molecular formula is C21H19Cl3N4O2. The number of amides is 2. The number of likely N-dealkylation sites (N-methyl/N-ethyl adjacent to an activating group) is 1. The van der Waals surface area contributed by atoms with Crippen LogP contribution in [0.1, 0.15) is 23.0 Å². The summed E-state index contributed by atoms with van der Waals surface area (Å²) in [4.78, 5) is 27.0. The van der Waals surface area contributed by atoms with Crippen molar-refractivity contribution in [2.45, 2.75) is 13.8 Å². The van der Waals surface area contributed by atoms with Gasteiger partial charge in [-0.3, -0.25) is 9.59 Å². The average molecular weight is 466 g/mol. The number of benzene rings is 2. The quantitative estimate of drug-likeness (QED) is 0.541. The first-order chi connectivity index (χ1) is 14.3. The molecule has 30 heavy (non-hydrogen) atoms. The van der Waals surface area contributed by atoms with Crippen LogP contribution in [-0.4, -0.2) is 39.6 Å². The lowest BCUT2D eigenvalue weighted by molar-refractivity contribution is -0.116. The third kappa shape index (κ3) is 4.78. The Labute approximate surface area is 189 Å². The molecule has 0 fully saturated rings. The molecule has 0 aliphatic carbocycles. The molecule has 3 aromatic rings. The van der Waals surface area contributed by atoms with Crippen LogP contribution < -0.4 is 5.32 Å². The molecule has 0 unspecified atom stereocenters. The molecule has 2 aromatic carbocycles. The fourth-order valence-electron chi connectivity index (χ4n) is 2.93. The topological polar surface area (TPSA) is 67.2 Å². The lowest BCUT2D eigenvalue weighted by Crippen LogP contribution is -2.38. The van der Waals surface area contributed by atoms with Gasteiger partial charge in [0.15, 0.2) is 0 Å². The fourth-order valence-corrected chi connectivity index (χ4v) is 3.55. The van der Waals surface area contributed by atoms with Crippen LogP contribution in [0.3, 0.4) is 0 Å². The minimum absolute atomic E-state index is 0.150. The molecule has 0 aliphatic heterocycles. The smallest absolute Gasteiger partial charge is 0.257 e. The Morgan fingerprint density at radius 3 is 2.30 bits per heavy atom. The van der Waals surface area contributed by atoms with Crippen LogP contribution in [0.15, 0.2) is 48.7 Å². The number of anilines is 1. The van der Waals surface area contributed by atoms with Crippen LogP contribution in [0.5, 0.6) is 0 Å². The molecule has 0 aliphatic rings. The lowest BCUT2D eigenvalue weighted by atomic mass is 10.2. The van der Waals surface area contributed by atoms with E-state index in [0.29, 0.717) is 38.6 Å². The van der Waals surface area contributed by atoms with Crippen molar-refractivity contribution in [2.75, 3.05) is 18.4 Å². The molecule has 0 saturated carbocycles. The maximum atomic E-state index is 13.0. The van der Waals surface area contributed by atoms with Crippen LogP contribution >= 0.6 is 34.8 Å². The van der Waals surface area contributed by atoms with E-state index in [4.69, 9.17) is 34.8 Å². The Hall–Kier alpha value is -2.54. The number of nitrogens with one attached hydrogen (secondary N) is 1. The van der Waals surface area contributed by atoms with Crippen molar-refractivity contribution >= 4 is 52.3 Å².